The third-order valence-electron chi connectivity index (χ3n) is 4.24. The molecular formula is C19H18N8OS. The van der Waals surface area contributed by atoms with Gasteiger partial charge in [0.2, 0.25) is 5.82 Å². The molecule has 0 fully saturated rings. The summed E-state index contributed by atoms with van der Waals surface area (Å²) in [7, 11) is 0. The largest absolute Gasteiger partial charge is 0.294 e. The average molecular weight is 406 g/mol. The number of aryl methyl sites for hydroxylation is 1. The molecule has 0 saturated carbocycles. The van der Waals surface area contributed by atoms with E-state index in [1.54, 1.807) is 23.7 Å². The van der Waals surface area contributed by atoms with Gasteiger partial charge in [-0.1, -0.05) is 30.3 Å². The minimum absolute atomic E-state index is 0.0741. The summed E-state index contributed by atoms with van der Waals surface area (Å²) >= 11 is 1.56. The van der Waals surface area contributed by atoms with E-state index >= 15 is 0 Å². The van der Waals surface area contributed by atoms with E-state index in [2.05, 4.69) is 35.5 Å². The van der Waals surface area contributed by atoms with Gasteiger partial charge in [-0.25, -0.2) is 10.4 Å². The fourth-order valence-electron chi connectivity index (χ4n) is 2.89. The maximum absolute atomic E-state index is 12.1. The first-order valence-corrected chi connectivity index (χ1v) is 9.74. The Hall–Kier alpha value is -3.66. The van der Waals surface area contributed by atoms with Crippen LogP contribution in [0, 0.1) is 13.8 Å². The second-order valence-corrected chi connectivity index (χ2v) is 7.15. The topological polar surface area (TPSA) is 103 Å². The van der Waals surface area contributed by atoms with Crippen molar-refractivity contribution in [3.63, 3.8) is 0 Å². The number of hydrogen-bond acceptors (Lipinski definition) is 7. The fourth-order valence-corrected chi connectivity index (χ4v) is 3.64. The Balaban J connectivity index is 1.39. The Bertz CT molecular complexity index is 1140. The number of hydrazone groups is 1. The highest BCUT2D eigenvalue weighted by Gasteiger charge is 2.11. The van der Waals surface area contributed by atoms with Crippen molar-refractivity contribution in [3.8, 4) is 16.5 Å². The van der Waals surface area contributed by atoms with E-state index in [0.29, 0.717) is 5.82 Å². The van der Waals surface area contributed by atoms with Crippen LogP contribution in [0.15, 0.2) is 53.1 Å². The summed E-state index contributed by atoms with van der Waals surface area (Å²) in [6, 6.07) is 11.5. The van der Waals surface area contributed by atoms with Crippen LogP contribution in [0.25, 0.3) is 16.5 Å². The van der Waals surface area contributed by atoms with E-state index in [1.165, 1.54) is 4.80 Å². The Labute approximate surface area is 170 Å². The number of tetrazole rings is 1. The average Bonchev–Trinajstić information content (AvgIpc) is 3.45. The Morgan fingerprint density at radius 2 is 2.10 bits per heavy atom. The molecule has 0 atom stereocenters. The van der Waals surface area contributed by atoms with Gasteiger partial charge in [0.05, 0.1) is 6.21 Å². The molecule has 0 aliphatic heterocycles. The Morgan fingerprint density at radius 1 is 1.28 bits per heavy atom. The second-order valence-electron chi connectivity index (χ2n) is 6.28. The Kier molecular flexibility index (Phi) is 5.25. The van der Waals surface area contributed by atoms with Crippen LogP contribution in [0.3, 0.4) is 0 Å². The van der Waals surface area contributed by atoms with Gasteiger partial charge >= 0.3 is 0 Å². The minimum Gasteiger partial charge on any atom is -0.294 e. The number of aromatic nitrogens is 6. The normalized spacial score (nSPS) is 11.2. The van der Waals surface area contributed by atoms with Crippen molar-refractivity contribution in [3.05, 3.63) is 64.9 Å². The third kappa shape index (κ3) is 4.11. The van der Waals surface area contributed by atoms with Gasteiger partial charge in [-0.2, -0.15) is 9.90 Å². The highest BCUT2D eigenvalue weighted by Crippen LogP contribution is 2.21. The van der Waals surface area contributed by atoms with Crippen molar-refractivity contribution in [1.82, 2.24) is 35.2 Å². The van der Waals surface area contributed by atoms with Gasteiger partial charge in [-0.05, 0) is 25.1 Å². The molecular weight excluding hydrogens is 388 g/mol. The minimum atomic E-state index is -0.341. The van der Waals surface area contributed by atoms with Crippen molar-refractivity contribution < 1.29 is 4.79 Å². The lowest BCUT2D eigenvalue weighted by molar-refractivity contribution is -0.122. The predicted octanol–water partition coefficient (Wildman–Crippen LogP) is 2.35. The maximum atomic E-state index is 12.1. The molecule has 0 aliphatic rings. The molecule has 146 valence electrons. The van der Waals surface area contributed by atoms with Crippen LogP contribution < -0.4 is 5.43 Å². The quantitative estimate of drug-likeness (QED) is 0.391. The summed E-state index contributed by atoms with van der Waals surface area (Å²) in [5.74, 6) is 0.128. The van der Waals surface area contributed by atoms with Gasteiger partial charge in [0.15, 0.2) is 5.13 Å². The molecule has 0 aliphatic carbocycles. The summed E-state index contributed by atoms with van der Waals surface area (Å²) in [6.45, 7) is 3.92. The number of thiazole rings is 1. The number of nitrogens with one attached hydrogen (secondary N) is 1. The molecule has 9 nitrogen and oxygen atoms in total. The van der Waals surface area contributed by atoms with Gasteiger partial charge in [0.25, 0.3) is 5.91 Å². The van der Waals surface area contributed by atoms with Crippen LogP contribution in [-0.4, -0.2) is 41.9 Å². The summed E-state index contributed by atoms with van der Waals surface area (Å²) < 4.78 is 2.05. The summed E-state index contributed by atoms with van der Waals surface area (Å²) in [5, 5.41) is 19.0. The second kappa shape index (κ2) is 8.15. The number of hydrogen-bond donors (Lipinski definition) is 1. The molecule has 0 radical (unpaired) electrons. The first kappa shape index (κ1) is 18.7. The predicted molar refractivity (Wildman–Crippen MR) is 110 cm³/mol. The van der Waals surface area contributed by atoms with Crippen LogP contribution in [-0.2, 0) is 11.3 Å². The number of amides is 1. The van der Waals surface area contributed by atoms with Crippen LogP contribution in [0.1, 0.15) is 17.0 Å². The highest BCUT2D eigenvalue weighted by molar-refractivity contribution is 7.12. The number of carbonyl (C=O) groups excluding carboxylic acids is 1. The zero-order valence-corrected chi connectivity index (χ0v) is 16.7. The molecule has 4 rings (SSSR count). The maximum Gasteiger partial charge on any atom is 0.263 e. The van der Waals surface area contributed by atoms with Gasteiger partial charge in [0.1, 0.15) is 6.54 Å². The molecule has 0 saturated heterocycles. The van der Waals surface area contributed by atoms with Crippen LogP contribution >= 0.6 is 11.3 Å². The van der Waals surface area contributed by atoms with Crippen molar-refractivity contribution in [2.45, 2.75) is 20.4 Å². The SMILES string of the molecule is Cc1cc(/C=N\NC(=O)Cn2nnc(-c3ccccc3)n2)c(C)n1-c1nccs1. The number of benzene rings is 1. The standard InChI is InChI=1S/C19H18N8OS/c1-13-10-16(14(2)27(13)19-20-8-9-29-19)11-21-22-17(28)12-26-24-18(23-25-26)15-6-4-3-5-7-15/h3-11H,12H2,1-2H3,(H,22,28)/b21-11-. The van der Waals surface area contributed by atoms with Gasteiger partial charge < -0.3 is 0 Å². The molecule has 1 N–H and O–H groups in total. The van der Waals surface area contributed by atoms with E-state index in [9.17, 15) is 4.79 Å². The number of nitrogens with zero attached hydrogens (tertiary/aromatic N) is 7. The third-order valence-corrected chi connectivity index (χ3v) is 5.00. The molecule has 4 aromatic rings. The van der Waals surface area contributed by atoms with Gasteiger partial charge in [-0.15, -0.1) is 21.5 Å². The molecule has 0 bridgehead atoms. The van der Waals surface area contributed by atoms with Crippen molar-refractivity contribution in [2.75, 3.05) is 0 Å². The molecule has 1 amide bonds. The van der Waals surface area contributed by atoms with E-state index in [1.807, 2.05) is 55.6 Å². The first-order valence-electron chi connectivity index (χ1n) is 8.86. The zero-order chi connectivity index (χ0) is 20.2. The summed E-state index contributed by atoms with van der Waals surface area (Å²) in [6.07, 6.45) is 3.39. The van der Waals surface area contributed by atoms with Gasteiger partial charge in [0, 0.05) is 34.1 Å². The molecule has 1 aromatic carbocycles. The van der Waals surface area contributed by atoms with Crippen LogP contribution in [0.4, 0.5) is 0 Å². The molecule has 3 heterocycles. The molecule has 10 heteroatoms. The van der Waals surface area contributed by atoms with Crippen molar-refractivity contribution in [2.24, 2.45) is 5.10 Å². The summed E-state index contributed by atoms with van der Waals surface area (Å²) in [4.78, 5) is 17.7. The van der Waals surface area contributed by atoms with Crippen LogP contribution in [0.5, 0.6) is 0 Å². The van der Waals surface area contributed by atoms with Crippen molar-refractivity contribution >= 4 is 23.5 Å². The lowest BCUT2D eigenvalue weighted by Crippen LogP contribution is -2.24. The van der Waals surface area contributed by atoms with E-state index in [-0.39, 0.29) is 12.5 Å². The lowest BCUT2D eigenvalue weighted by atomic mass is 10.2. The number of rotatable bonds is 6. The fraction of sp³-hybridized carbons (Fsp3) is 0.158. The Morgan fingerprint density at radius 3 is 2.86 bits per heavy atom. The summed E-state index contributed by atoms with van der Waals surface area (Å²) in [5.41, 5.74) is 6.29. The molecule has 29 heavy (non-hydrogen) atoms. The molecule has 0 spiro atoms. The lowest BCUT2D eigenvalue weighted by Gasteiger charge is -2.04. The molecule has 3 aromatic heterocycles. The first-order chi connectivity index (χ1) is 14.1. The van der Waals surface area contributed by atoms with E-state index in [0.717, 1.165) is 27.6 Å². The molecule has 0 unspecified atom stereocenters. The van der Waals surface area contributed by atoms with Crippen LogP contribution in [0.2, 0.25) is 0 Å². The number of carbonyl (C=O) groups is 1. The van der Waals surface area contributed by atoms with Crippen molar-refractivity contribution in [1.29, 1.82) is 0 Å². The smallest absolute Gasteiger partial charge is 0.263 e. The zero-order valence-electron chi connectivity index (χ0n) is 15.9. The monoisotopic (exact) mass is 406 g/mol. The van der Waals surface area contributed by atoms with Gasteiger partial charge in [-0.3, -0.25) is 9.36 Å². The highest BCUT2D eigenvalue weighted by atomic mass is 32.1. The van der Waals surface area contributed by atoms with E-state index < -0.39 is 0 Å². The van der Waals surface area contributed by atoms with E-state index in [4.69, 9.17) is 0 Å².